The molecule has 0 saturated carbocycles. The Hall–Kier alpha value is -3.13. The van der Waals surface area contributed by atoms with Gasteiger partial charge in [0.15, 0.2) is 5.82 Å². The Morgan fingerprint density at radius 2 is 2.08 bits per heavy atom. The number of hydrogen-bond acceptors (Lipinski definition) is 5. The van der Waals surface area contributed by atoms with Crippen LogP contribution in [0.15, 0.2) is 48.5 Å². The Bertz CT molecular complexity index is 896. The van der Waals surface area contributed by atoms with E-state index in [9.17, 15) is 14.3 Å². The van der Waals surface area contributed by atoms with Crippen LogP contribution in [0.5, 0.6) is 0 Å². The normalized spacial score (nSPS) is 12.0. The molecule has 1 atom stereocenters. The third-order valence-electron chi connectivity index (χ3n) is 3.61. The Morgan fingerprint density at radius 1 is 1.28 bits per heavy atom. The summed E-state index contributed by atoms with van der Waals surface area (Å²) in [7, 11) is 0. The third kappa shape index (κ3) is 4.04. The van der Waals surface area contributed by atoms with Gasteiger partial charge >= 0.3 is 0 Å². The number of halogens is 1. The third-order valence-corrected chi connectivity index (χ3v) is 3.61. The number of benzene rings is 2. The van der Waals surface area contributed by atoms with Crippen molar-refractivity contribution in [1.82, 2.24) is 20.2 Å². The summed E-state index contributed by atoms with van der Waals surface area (Å²) in [5.41, 5.74) is 1.60. The second-order valence-corrected chi connectivity index (χ2v) is 5.51. The molecule has 0 radical (unpaired) electrons. The number of aliphatic hydroxyl groups is 1. The second kappa shape index (κ2) is 7.18. The number of aliphatic hydroxyl groups excluding tert-OH is 1. The maximum absolute atomic E-state index is 13.2. The van der Waals surface area contributed by atoms with Crippen molar-refractivity contribution >= 4 is 11.6 Å². The van der Waals surface area contributed by atoms with E-state index in [4.69, 9.17) is 0 Å². The zero-order valence-corrected chi connectivity index (χ0v) is 13.4. The van der Waals surface area contributed by atoms with Gasteiger partial charge in [0, 0.05) is 5.69 Å². The van der Waals surface area contributed by atoms with E-state index in [0.29, 0.717) is 22.8 Å². The smallest absolute Gasteiger partial charge is 0.227 e. The number of aryl methyl sites for hydroxylation is 1. The highest BCUT2D eigenvalue weighted by Gasteiger charge is 2.14. The predicted octanol–water partition coefficient (Wildman–Crippen LogP) is 2.17. The molecule has 0 fully saturated rings. The van der Waals surface area contributed by atoms with Crippen molar-refractivity contribution in [3.63, 3.8) is 0 Å². The lowest BCUT2D eigenvalue weighted by Crippen LogP contribution is -2.16. The molecule has 0 aliphatic rings. The summed E-state index contributed by atoms with van der Waals surface area (Å²) < 4.78 is 14.7. The number of aromatic nitrogens is 4. The molecule has 0 aliphatic heterocycles. The van der Waals surface area contributed by atoms with Crippen LogP contribution in [0.2, 0.25) is 0 Å². The molecule has 0 aliphatic carbocycles. The first-order chi connectivity index (χ1) is 12.0. The Labute approximate surface area is 143 Å². The van der Waals surface area contributed by atoms with Crippen LogP contribution in [0.3, 0.4) is 0 Å². The van der Waals surface area contributed by atoms with Gasteiger partial charge in [-0.1, -0.05) is 18.2 Å². The molecular weight excluding hydrogens is 325 g/mol. The lowest BCUT2D eigenvalue weighted by Gasteiger charge is -2.12. The highest BCUT2D eigenvalue weighted by Crippen LogP contribution is 2.19. The molecule has 0 spiro atoms. The van der Waals surface area contributed by atoms with E-state index in [-0.39, 0.29) is 12.3 Å². The predicted molar refractivity (Wildman–Crippen MR) is 88.5 cm³/mol. The minimum absolute atomic E-state index is 0.183. The van der Waals surface area contributed by atoms with Gasteiger partial charge in [-0.25, -0.2) is 4.39 Å². The molecule has 3 rings (SSSR count). The summed E-state index contributed by atoms with van der Waals surface area (Å²) >= 11 is 0. The molecule has 3 aromatic rings. The lowest BCUT2D eigenvalue weighted by atomic mass is 10.1. The number of carbonyl (C=O) groups is 1. The van der Waals surface area contributed by atoms with Gasteiger partial charge in [-0.15, -0.1) is 5.10 Å². The Kier molecular flexibility index (Phi) is 4.80. The molecule has 0 bridgehead atoms. The molecule has 25 heavy (non-hydrogen) atoms. The number of amides is 1. The molecule has 128 valence electrons. The van der Waals surface area contributed by atoms with Crippen molar-refractivity contribution in [3.05, 3.63) is 65.7 Å². The van der Waals surface area contributed by atoms with E-state index < -0.39 is 11.9 Å². The second-order valence-electron chi connectivity index (χ2n) is 5.51. The minimum atomic E-state index is -1.08. The highest BCUT2D eigenvalue weighted by atomic mass is 19.1. The fraction of sp³-hybridized carbons (Fsp3) is 0.176. The van der Waals surface area contributed by atoms with Gasteiger partial charge in [-0.05, 0) is 53.2 Å². The first-order valence-electron chi connectivity index (χ1n) is 7.62. The van der Waals surface area contributed by atoms with Crippen LogP contribution in [0.1, 0.15) is 23.9 Å². The van der Waals surface area contributed by atoms with Crippen LogP contribution in [0.4, 0.5) is 10.1 Å². The van der Waals surface area contributed by atoms with E-state index in [1.54, 1.807) is 37.3 Å². The molecular formula is C17H16FN5O2. The molecule has 7 nitrogen and oxygen atoms in total. The number of anilines is 1. The van der Waals surface area contributed by atoms with E-state index in [1.807, 2.05) is 0 Å². The van der Waals surface area contributed by atoms with Crippen molar-refractivity contribution in [2.45, 2.75) is 19.4 Å². The zero-order valence-electron chi connectivity index (χ0n) is 13.4. The van der Waals surface area contributed by atoms with Gasteiger partial charge in [-0.2, -0.15) is 4.68 Å². The zero-order chi connectivity index (χ0) is 17.8. The summed E-state index contributed by atoms with van der Waals surface area (Å²) in [5.74, 6) is -0.228. The van der Waals surface area contributed by atoms with Crippen LogP contribution in [0.25, 0.3) is 5.69 Å². The first-order valence-corrected chi connectivity index (χ1v) is 7.62. The molecule has 8 heteroatoms. The molecule has 1 amide bonds. The van der Waals surface area contributed by atoms with Crippen LogP contribution in [-0.2, 0) is 4.79 Å². The van der Waals surface area contributed by atoms with E-state index in [0.717, 1.165) is 0 Å². The number of carbonyl (C=O) groups excluding carboxylic acids is 1. The maximum atomic E-state index is 13.2. The molecule has 0 saturated heterocycles. The summed E-state index contributed by atoms with van der Waals surface area (Å²) in [6.07, 6.45) is -1.27. The van der Waals surface area contributed by atoms with Gasteiger partial charge < -0.3 is 10.4 Å². The number of nitrogens with one attached hydrogen (secondary N) is 1. The number of nitrogens with zero attached hydrogens (tertiary/aromatic N) is 4. The quantitative estimate of drug-likeness (QED) is 0.742. The van der Waals surface area contributed by atoms with Crippen molar-refractivity contribution < 1.29 is 14.3 Å². The van der Waals surface area contributed by atoms with E-state index >= 15 is 0 Å². The van der Waals surface area contributed by atoms with Gasteiger partial charge in [0.2, 0.25) is 5.91 Å². The summed E-state index contributed by atoms with van der Waals surface area (Å²) in [6, 6.07) is 12.6. The van der Waals surface area contributed by atoms with E-state index in [1.165, 1.54) is 22.9 Å². The summed E-state index contributed by atoms with van der Waals surface area (Å²) in [6.45, 7) is 1.76. The standard InChI is InChI=1S/C17H16FN5O2/c1-11-20-21-22-23(11)15-7-3-6-14(9-15)19-17(25)10-16(24)12-4-2-5-13(18)8-12/h2-9,16,24H,10H2,1H3,(H,19,25). The average molecular weight is 341 g/mol. The molecule has 1 heterocycles. The van der Waals surface area contributed by atoms with Gasteiger partial charge in [0.1, 0.15) is 5.82 Å². The molecule has 2 N–H and O–H groups in total. The largest absolute Gasteiger partial charge is 0.388 e. The van der Waals surface area contributed by atoms with Crippen molar-refractivity contribution in [3.8, 4) is 5.69 Å². The van der Waals surface area contributed by atoms with Gasteiger partial charge in [0.25, 0.3) is 0 Å². The molecule has 2 aromatic carbocycles. The fourth-order valence-electron chi connectivity index (χ4n) is 2.41. The molecule has 1 aromatic heterocycles. The van der Waals surface area contributed by atoms with Gasteiger partial charge in [-0.3, -0.25) is 4.79 Å². The van der Waals surface area contributed by atoms with E-state index in [2.05, 4.69) is 20.8 Å². The van der Waals surface area contributed by atoms with Crippen LogP contribution >= 0.6 is 0 Å². The average Bonchev–Trinajstić information content (AvgIpc) is 3.01. The molecule has 1 unspecified atom stereocenters. The monoisotopic (exact) mass is 341 g/mol. The topological polar surface area (TPSA) is 92.9 Å². The van der Waals surface area contributed by atoms with Gasteiger partial charge in [0.05, 0.1) is 18.2 Å². The maximum Gasteiger partial charge on any atom is 0.227 e. The highest BCUT2D eigenvalue weighted by molar-refractivity contribution is 5.91. The number of tetrazole rings is 1. The van der Waals surface area contributed by atoms with Crippen molar-refractivity contribution in [1.29, 1.82) is 0 Å². The van der Waals surface area contributed by atoms with Crippen LogP contribution in [-0.4, -0.2) is 31.2 Å². The lowest BCUT2D eigenvalue weighted by molar-refractivity contribution is -0.118. The summed E-state index contributed by atoms with van der Waals surface area (Å²) in [5, 5.41) is 24.0. The SMILES string of the molecule is Cc1nnnn1-c1cccc(NC(=O)CC(O)c2cccc(F)c2)c1. The van der Waals surface area contributed by atoms with Crippen LogP contribution < -0.4 is 5.32 Å². The fourth-order valence-corrected chi connectivity index (χ4v) is 2.41. The Balaban J connectivity index is 1.68. The van der Waals surface area contributed by atoms with Crippen LogP contribution in [0, 0.1) is 12.7 Å². The summed E-state index contributed by atoms with van der Waals surface area (Å²) in [4.78, 5) is 12.1. The first kappa shape index (κ1) is 16.7. The minimum Gasteiger partial charge on any atom is -0.388 e. The van der Waals surface area contributed by atoms with Crippen molar-refractivity contribution in [2.75, 3.05) is 5.32 Å². The number of hydrogen-bond donors (Lipinski definition) is 2. The number of rotatable bonds is 5. The van der Waals surface area contributed by atoms with Crippen molar-refractivity contribution in [2.24, 2.45) is 0 Å². The Morgan fingerprint density at radius 3 is 2.80 bits per heavy atom.